The first-order chi connectivity index (χ1) is 10.6. The van der Waals surface area contributed by atoms with E-state index in [9.17, 15) is 13.6 Å². The normalized spacial score (nSPS) is 10.5. The van der Waals surface area contributed by atoms with Crippen molar-refractivity contribution in [3.63, 3.8) is 0 Å². The number of amides is 1. The van der Waals surface area contributed by atoms with E-state index in [1.807, 2.05) is 30.3 Å². The summed E-state index contributed by atoms with van der Waals surface area (Å²) in [7, 11) is 1.71. The summed E-state index contributed by atoms with van der Waals surface area (Å²) in [5.74, 6) is -2.52. The Balaban J connectivity index is 1.88. The number of carbonyl (C=O) groups excluding carboxylic acids is 1. The summed E-state index contributed by atoms with van der Waals surface area (Å²) in [4.78, 5) is 14.1. The zero-order valence-corrected chi connectivity index (χ0v) is 12.8. The van der Waals surface area contributed by atoms with E-state index in [4.69, 9.17) is 0 Å². The minimum atomic E-state index is -2.43. The van der Waals surface area contributed by atoms with E-state index in [0.717, 1.165) is 5.69 Å². The topological polar surface area (TPSA) is 32.3 Å². The van der Waals surface area contributed by atoms with Gasteiger partial charge in [-0.2, -0.15) is 8.78 Å². The molecule has 2 rings (SSSR count). The van der Waals surface area contributed by atoms with Gasteiger partial charge in [0.1, 0.15) is 0 Å². The number of nitrogens with one attached hydrogen (secondary N) is 1. The number of para-hydroxylation sites is 1. The number of thioether (sulfide) groups is 1. The molecule has 0 unspecified atom stereocenters. The molecule has 0 radical (unpaired) electrons. The van der Waals surface area contributed by atoms with Gasteiger partial charge < -0.3 is 10.2 Å². The molecule has 3 nitrogen and oxygen atoms in total. The monoisotopic (exact) mass is 322 g/mol. The van der Waals surface area contributed by atoms with Crippen LogP contribution >= 0.6 is 11.8 Å². The molecule has 2 aromatic carbocycles. The molecule has 0 atom stereocenters. The fraction of sp³-hybridized carbons (Fsp3) is 0.188. The lowest BCUT2D eigenvalue weighted by Gasteiger charge is -2.18. The fourth-order valence-electron chi connectivity index (χ4n) is 1.85. The second-order valence-corrected chi connectivity index (χ2v) is 5.61. The molecule has 0 heterocycles. The lowest BCUT2D eigenvalue weighted by atomic mass is 10.3. The molecule has 22 heavy (non-hydrogen) atoms. The molecule has 0 aromatic heterocycles. The zero-order valence-electron chi connectivity index (χ0n) is 12.0. The third-order valence-electron chi connectivity index (χ3n) is 3.04. The van der Waals surface area contributed by atoms with Gasteiger partial charge in [-0.25, -0.2) is 0 Å². The number of hydrogen-bond acceptors (Lipinski definition) is 3. The second kappa shape index (κ2) is 7.79. The Kier molecular flexibility index (Phi) is 5.77. The maximum atomic E-state index is 12.2. The van der Waals surface area contributed by atoms with Crippen LogP contribution in [0.25, 0.3) is 0 Å². The smallest absolute Gasteiger partial charge is 0.288 e. The number of hydrogen-bond donors (Lipinski definition) is 1. The molecule has 0 aliphatic rings. The highest BCUT2D eigenvalue weighted by Gasteiger charge is 2.10. The van der Waals surface area contributed by atoms with Crippen molar-refractivity contribution in [1.29, 1.82) is 0 Å². The van der Waals surface area contributed by atoms with Crippen molar-refractivity contribution in [1.82, 2.24) is 0 Å². The van der Waals surface area contributed by atoms with Crippen LogP contribution in [0.15, 0.2) is 59.5 Å². The average Bonchev–Trinajstić information content (AvgIpc) is 2.53. The Morgan fingerprint density at radius 1 is 1.14 bits per heavy atom. The quantitative estimate of drug-likeness (QED) is 0.814. The number of alkyl halides is 2. The Morgan fingerprint density at radius 2 is 1.77 bits per heavy atom. The molecule has 2 aromatic rings. The SMILES string of the molecule is CN(C(=O)CNc1ccc(SC(F)F)cc1)c1ccccc1. The van der Waals surface area contributed by atoms with Crippen LogP contribution < -0.4 is 10.2 Å². The molecular formula is C16H16F2N2OS. The van der Waals surface area contributed by atoms with Crippen LogP contribution in [-0.2, 0) is 4.79 Å². The van der Waals surface area contributed by atoms with Crippen molar-refractivity contribution in [2.75, 3.05) is 23.8 Å². The van der Waals surface area contributed by atoms with E-state index in [1.54, 1.807) is 36.2 Å². The molecule has 0 spiro atoms. The minimum absolute atomic E-state index is 0.0859. The maximum absolute atomic E-state index is 12.2. The van der Waals surface area contributed by atoms with E-state index in [2.05, 4.69) is 5.32 Å². The summed E-state index contributed by atoms with van der Waals surface area (Å²) in [6.07, 6.45) is 0. The van der Waals surface area contributed by atoms with Gasteiger partial charge in [-0.15, -0.1) is 0 Å². The molecule has 1 N–H and O–H groups in total. The third-order valence-corrected chi connectivity index (χ3v) is 3.76. The van der Waals surface area contributed by atoms with Crippen LogP contribution in [0.4, 0.5) is 20.2 Å². The van der Waals surface area contributed by atoms with Gasteiger partial charge >= 0.3 is 0 Å². The van der Waals surface area contributed by atoms with Gasteiger partial charge in [0, 0.05) is 23.3 Å². The number of nitrogens with zero attached hydrogens (tertiary/aromatic N) is 1. The Bertz CT molecular complexity index is 605. The van der Waals surface area contributed by atoms with Gasteiger partial charge in [0.2, 0.25) is 5.91 Å². The highest BCUT2D eigenvalue weighted by Crippen LogP contribution is 2.26. The first-order valence-electron chi connectivity index (χ1n) is 6.66. The van der Waals surface area contributed by atoms with E-state index in [1.165, 1.54) is 0 Å². The lowest BCUT2D eigenvalue weighted by molar-refractivity contribution is -0.116. The molecule has 0 bridgehead atoms. The van der Waals surface area contributed by atoms with Crippen molar-refractivity contribution < 1.29 is 13.6 Å². The molecule has 0 saturated carbocycles. The fourth-order valence-corrected chi connectivity index (χ4v) is 2.35. The molecule has 0 saturated heterocycles. The van der Waals surface area contributed by atoms with Crippen LogP contribution in [0.2, 0.25) is 0 Å². The average molecular weight is 322 g/mol. The standard InChI is InChI=1S/C16H16F2N2OS/c1-20(13-5-3-2-4-6-13)15(21)11-19-12-7-9-14(10-8-12)22-16(17)18/h2-10,16,19H,11H2,1H3. The lowest BCUT2D eigenvalue weighted by Crippen LogP contribution is -2.32. The molecule has 0 aliphatic carbocycles. The van der Waals surface area contributed by atoms with Crippen LogP contribution in [0.5, 0.6) is 0 Å². The van der Waals surface area contributed by atoms with Crippen LogP contribution in [0, 0.1) is 0 Å². The van der Waals surface area contributed by atoms with Crippen molar-refractivity contribution in [2.45, 2.75) is 10.7 Å². The number of carbonyl (C=O) groups is 1. The minimum Gasteiger partial charge on any atom is -0.376 e. The van der Waals surface area contributed by atoms with E-state index in [-0.39, 0.29) is 12.5 Å². The summed E-state index contributed by atoms with van der Waals surface area (Å²) in [6, 6.07) is 15.9. The van der Waals surface area contributed by atoms with Crippen LogP contribution in [-0.4, -0.2) is 25.3 Å². The van der Waals surface area contributed by atoms with E-state index >= 15 is 0 Å². The predicted molar refractivity (Wildman–Crippen MR) is 86.6 cm³/mol. The largest absolute Gasteiger partial charge is 0.376 e. The molecule has 0 aliphatic heterocycles. The van der Waals surface area contributed by atoms with Gasteiger partial charge in [-0.3, -0.25) is 4.79 Å². The Hall–Kier alpha value is -2.08. The van der Waals surface area contributed by atoms with Crippen LogP contribution in [0.3, 0.4) is 0 Å². The van der Waals surface area contributed by atoms with Crippen molar-refractivity contribution in [3.8, 4) is 0 Å². The molecule has 1 amide bonds. The number of likely N-dealkylation sites (N-methyl/N-ethyl adjacent to an activating group) is 1. The Morgan fingerprint density at radius 3 is 2.36 bits per heavy atom. The third kappa shape index (κ3) is 4.73. The summed E-state index contributed by atoms with van der Waals surface area (Å²) in [5.41, 5.74) is 1.53. The summed E-state index contributed by atoms with van der Waals surface area (Å²) >= 11 is 0.497. The second-order valence-electron chi connectivity index (χ2n) is 4.54. The van der Waals surface area contributed by atoms with E-state index in [0.29, 0.717) is 22.3 Å². The number of rotatable bonds is 6. The van der Waals surface area contributed by atoms with Crippen LogP contribution in [0.1, 0.15) is 0 Å². The highest BCUT2D eigenvalue weighted by atomic mass is 32.2. The maximum Gasteiger partial charge on any atom is 0.288 e. The van der Waals surface area contributed by atoms with Crippen molar-refractivity contribution >= 4 is 29.0 Å². The molecule has 0 fully saturated rings. The number of benzene rings is 2. The predicted octanol–water partition coefficient (Wildman–Crippen LogP) is 4.08. The summed E-state index contributed by atoms with van der Waals surface area (Å²) in [5, 5.41) is 2.99. The number of halogens is 2. The van der Waals surface area contributed by atoms with E-state index < -0.39 is 5.76 Å². The van der Waals surface area contributed by atoms with Gasteiger partial charge in [-0.1, -0.05) is 30.0 Å². The molecule has 116 valence electrons. The van der Waals surface area contributed by atoms with Gasteiger partial charge in [0.25, 0.3) is 5.76 Å². The van der Waals surface area contributed by atoms with Crippen molar-refractivity contribution in [2.24, 2.45) is 0 Å². The zero-order chi connectivity index (χ0) is 15.9. The Labute approximate surface area is 132 Å². The first-order valence-corrected chi connectivity index (χ1v) is 7.54. The van der Waals surface area contributed by atoms with Gasteiger partial charge in [-0.05, 0) is 36.4 Å². The first kappa shape index (κ1) is 16.3. The number of anilines is 2. The highest BCUT2D eigenvalue weighted by molar-refractivity contribution is 7.99. The van der Waals surface area contributed by atoms with Gasteiger partial charge in [0.15, 0.2) is 0 Å². The van der Waals surface area contributed by atoms with Crippen molar-refractivity contribution in [3.05, 3.63) is 54.6 Å². The van der Waals surface area contributed by atoms with Gasteiger partial charge in [0.05, 0.1) is 6.54 Å². The summed E-state index contributed by atoms with van der Waals surface area (Å²) < 4.78 is 24.4. The molecular weight excluding hydrogens is 306 g/mol. The summed E-state index contributed by atoms with van der Waals surface area (Å²) in [6.45, 7) is 0.132. The molecule has 6 heteroatoms.